The minimum Gasteiger partial charge on any atom is -0.455 e. The van der Waals surface area contributed by atoms with Gasteiger partial charge in [0.2, 0.25) is 0 Å². The van der Waals surface area contributed by atoms with Gasteiger partial charge in [-0.1, -0.05) is 30.3 Å². The minimum absolute atomic E-state index is 0.126. The molecule has 2 rings (SSSR count). The summed E-state index contributed by atoms with van der Waals surface area (Å²) in [5, 5.41) is 13.4. The summed E-state index contributed by atoms with van der Waals surface area (Å²) in [4.78, 5) is 38.8. The van der Waals surface area contributed by atoms with Gasteiger partial charge >= 0.3 is 5.97 Å². The molecular weight excluding hydrogens is 388 g/mol. The van der Waals surface area contributed by atoms with Gasteiger partial charge in [-0.3, -0.25) is 24.7 Å². The number of aliphatic imine (C=N–C) groups is 1. The van der Waals surface area contributed by atoms with Gasteiger partial charge in [0.05, 0.1) is 28.4 Å². The number of rotatable bonds is 8. The fourth-order valence-corrected chi connectivity index (χ4v) is 2.55. The fraction of sp³-hybridized carbons (Fsp3) is 0.190. The summed E-state index contributed by atoms with van der Waals surface area (Å²) in [6.07, 6.45) is -0.192. The van der Waals surface area contributed by atoms with Crippen molar-refractivity contribution >= 4 is 29.0 Å². The summed E-state index contributed by atoms with van der Waals surface area (Å²) in [6, 6.07) is 14.8. The second kappa shape index (κ2) is 10.5. The Hall–Kier alpha value is -4.01. The van der Waals surface area contributed by atoms with Crippen LogP contribution in [0.5, 0.6) is 0 Å². The number of hydrogen-bond acceptors (Lipinski definition) is 7. The second-order valence-corrected chi connectivity index (χ2v) is 6.40. The molecule has 2 aromatic carbocycles. The number of ether oxygens (including phenoxy) is 1. The van der Waals surface area contributed by atoms with E-state index in [1.807, 2.05) is 30.3 Å². The molecule has 9 nitrogen and oxygen atoms in total. The van der Waals surface area contributed by atoms with Gasteiger partial charge in [0.1, 0.15) is 0 Å². The van der Waals surface area contributed by atoms with Crippen molar-refractivity contribution in [2.24, 2.45) is 10.7 Å². The zero-order valence-corrected chi connectivity index (χ0v) is 16.6. The molecule has 0 fully saturated rings. The molecule has 0 aromatic heterocycles. The molecule has 0 aliphatic rings. The molecule has 9 heteroatoms. The molecule has 0 saturated carbocycles. The van der Waals surface area contributed by atoms with Gasteiger partial charge in [-0.2, -0.15) is 0 Å². The number of nitro benzene ring substituents is 1. The molecule has 0 aliphatic heterocycles. The summed E-state index contributed by atoms with van der Waals surface area (Å²) in [6.45, 7) is 2.80. The van der Waals surface area contributed by atoms with Crippen LogP contribution in [0, 0.1) is 10.1 Å². The maximum Gasteiger partial charge on any atom is 0.310 e. The van der Waals surface area contributed by atoms with E-state index < -0.39 is 23.4 Å². The standard InChI is InChI=1S/C21H22N4O5/c1-14(22)21(15(2)23-17-8-4-3-5-9-17)24-19(26)13-30-20(27)12-16-7-6-10-18(11-16)25(28)29/h3-11H,12-13,22H2,1-2H3,(H,24,26). The number of non-ortho nitro benzene ring substituents is 1. The largest absolute Gasteiger partial charge is 0.455 e. The molecule has 2 aromatic rings. The Morgan fingerprint density at radius 2 is 1.83 bits per heavy atom. The minimum atomic E-state index is -0.685. The van der Waals surface area contributed by atoms with E-state index in [1.165, 1.54) is 18.2 Å². The first-order valence-electron chi connectivity index (χ1n) is 9.02. The summed E-state index contributed by atoms with van der Waals surface area (Å²) < 4.78 is 4.96. The van der Waals surface area contributed by atoms with Crippen molar-refractivity contribution in [2.45, 2.75) is 20.3 Å². The van der Waals surface area contributed by atoms with Crippen molar-refractivity contribution in [1.82, 2.24) is 5.32 Å². The molecule has 3 N–H and O–H groups in total. The van der Waals surface area contributed by atoms with E-state index in [0.29, 0.717) is 28.4 Å². The van der Waals surface area contributed by atoms with Crippen LogP contribution in [0.15, 0.2) is 71.0 Å². The van der Waals surface area contributed by atoms with Crippen molar-refractivity contribution < 1.29 is 19.2 Å². The number of nitrogens with one attached hydrogen (secondary N) is 1. The highest BCUT2D eigenvalue weighted by Crippen LogP contribution is 2.14. The number of nitrogens with zero attached hydrogens (tertiary/aromatic N) is 2. The van der Waals surface area contributed by atoms with E-state index in [4.69, 9.17) is 10.5 Å². The first kappa shape index (κ1) is 22.3. The Labute approximate surface area is 173 Å². The number of para-hydroxylation sites is 1. The number of carbonyl (C=O) groups excluding carboxylic acids is 2. The molecule has 0 radical (unpaired) electrons. The average Bonchev–Trinajstić information content (AvgIpc) is 2.71. The monoisotopic (exact) mass is 410 g/mol. The first-order chi connectivity index (χ1) is 14.3. The first-order valence-corrected chi connectivity index (χ1v) is 9.02. The zero-order valence-electron chi connectivity index (χ0n) is 16.6. The van der Waals surface area contributed by atoms with Gasteiger partial charge in [-0.05, 0) is 31.5 Å². The molecule has 1 amide bonds. The van der Waals surface area contributed by atoms with Gasteiger partial charge in [0.15, 0.2) is 6.61 Å². The summed E-state index contributed by atoms with van der Waals surface area (Å²) in [5.74, 6) is -1.26. The Morgan fingerprint density at radius 1 is 1.13 bits per heavy atom. The number of amides is 1. The molecule has 156 valence electrons. The van der Waals surface area contributed by atoms with Gasteiger partial charge in [-0.15, -0.1) is 0 Å². The molecule has 0 unspecified atom stereocenters. The SMILES string of the molecule is CC(=Nc1ccccc1)C(NC(=O)COC(=O)Cc1cccc([N+](=O)[O-])c1)=C(C)N. The van der Waals surface area contributed by atoms with Crippen molar-refractivity contribution in [3.63, 3.8) is 0 Å². The van der Waals surface area contributed by atoms with Crippen molar-refractivity contribution in [3.8, 4) is 0 Å². The average molecular weight is 410 g/mol. The maximum absolute atomic E-state index is 12.2. The third kappa shape index (κ3) is 6.86. The zero-order chi connectivity index (χ0) is 22.1. The van der Waals surface area contributed by atoms with Gasteiger partial charge in [-0.25, -0.2) is 0 Å². The lowest BCUT2D eigenvalue weighted by Crippen LogP contribution is -2.32. The van der Waals surface area contributed by atoms with Crippen molar-refractivity contribution in [1.29, 1.82) is 0 Å². The van der Waals surface area contributed by atoms with E-state index in [2.05, 4.69) is 10.3 Å². The number of nitrogens with two attached hydrogens (primary N) is 1. The number of benzene rings is 2. The van der Waals surface area contributed by atoms with E-state index >= 15 is 0 Å². The van der Waals surface area contributed by atoms with E-state index in [0.717, 1.165) is 0 Å². The normalized spacial score (nSPS) is 12.0. The van der Waals surface area contributed by atoms with Crippen LogP contribution in [0.3, 0.4) is 0 Å². The summed E-state index contributed by atoms with van der Waals surface area (Å²) in [7, 11) is 0. The van der Waals surface area contributed by atoms with Crippen LogP contribution in [0.1, 0.15) is 19.4 Å². The Bertz CT molecular complexity index is 995. The molecule has 0 saturated heterocycles. The van der Waals surface area contributed by atoms with Crippen LogP contribution in [-0.4, -0.2) is 29.1 Å². The Kier molecular flexibility index (Phi) is 7.81. The highest BCUT2D eigenvalue weighted by atomic mass is 16.6. The van der Waals surface area contributed by atoms with Crippen LogP contribution < -0.4 is 11.1 Å². The lowest BCUT2D eigenvalue weighted by Gasteiger charge is -2.12. The van der Waals surface area contributed by atoms with Gasteiger partial charge in [0.25, 0.3) is 11.6 Å². The molecule has 30 heavy (non-hydrogen) atoms. The Balaban J connectivity index is 1.94. The van der Waals surface area contributed by atoms with Crippen LogP contribution in [0.4, 0.5) is 11.4 Å². The quantitative estimate of drug-likeness (QED) is 0.297. The number of nitro groups is 1. The van der Waals surface area contributed by atoms with E-state index in [1.54, 1.807) is 19.9 Å². The number of hydrogen-bond donors (Lipinski definition) is 2. The smallest absolute Gasteiger partial charge is 0.310 e. The fourth-order valence-electron chi connectivity index (χ4n) is 2.55. The summed E-state index contributed by atoms with van der Waals surface area (Å²) >= 11 is 0. The van der Waals surface area contributed by atoms with E-state index in [9.17, 15) is 19.7 Å². The molecule has 0 atom stereocenters. The lowest BCUT2D eigenvalue weighted by molar-refractivity contribution is -0.384. The van der Waals surface area contributed by atoms with Crippen LogP contribution in [0.25, 0.3) is 0 Å². The van der Waals surface area contributed by atoms with Crippen LogP contribution >= 0.6 is 0 Å². The van der Waals surface area contributed by atoms with Crippen molar-refractivity contribution in [2.75, 3.05) is 6.61 Å². The third-order valence-electron chi connectivity index (χ3n) is 3.91. The summed E-state index contributed by atoms with van der Waals surface area (Å²) in [5.41, 5.74) is 8.03. The number of allylic oxidation sites excluding steroid dienone is 2. The van der Waals surface area contributed by atoms with Crippen LogP contribution in [0.2, 0.25) is 0 Å². The topological polar surface area (TPSA) is 137 Å². The molecule has 0 heterocycles. The molecule has 0 spiro atoms. The highest BCUT2D eigenvalue weighted by Gasteiger charge is 2.14. The second-order valence-electron chi connectivity index (χ2n) is 6.40. The third-order valence-corrected chi connectivity index (χ3v) is 3.91. The van der Waals surface area contributed by atoms with Crippen LogP contribution in [-0.2, 0) is 20.7 Å². The maximum atomic E-state index is 12.2. The number of carbonyl (C=O) groups is 2. The van der Waals surface area contributed by atoms with E-state index in [-0.39, 0.29) is 12.1 Å². The van der Waals surface area contributed by atoms with Gasteiger partial charge < -0.3 is 15.8 Å². The molecular formula is C21H22N4O5. The lowest BCUT2D eigenvalue weighted by atomic mass is 10.1. The Morgan fingerprint density at radius 3 is 2.47 bits per heavy atom. The van der Waals surface area contributed by atoms with Crippen molar-refractivity contribution in [3.05, 3.63) is 81.7 Å². The number of esters is 1. The highest BCUT2D eigenvalue weighted by molar-refractivity contribution is 6.03. The predicted octanol–water partition coefficient (Wildman–Crippen LogP) is 2.78. The van der Waals surface area contributed by atoms with Gasteiger partial charge in [0, 0.05) is 17.8 Å². The molecule has 0 aliphatic carbocycles. The predicted molar refractivity (Wildman–Crippen MR) is 112 cm³/mol. The molecule has 0 bridgehead atoms.